The zero-order chi connectivity index (χ0) is 10.8. The summed E-state index contributed by atoms with van der Waals surface area (Å²) in [5.41, 5.74) is 0. The van der Waals surface area contributed by atoms with E-state index in [1.807, 2.05) is 6.92 Å². The molecule has 0 radical (unpaired) electrons. The van der Waals surface area contributed by atoms with Crippen molar-refractivity contribution in [2.24, 2.45) is 5.92 Å². The fourth-order valence-electron chi connectivity index (χ4n) is 2.63. The van der Waals surface area contributed by atoms with Crippen molar-refractivity contribution in [2.75, 3.05) is 0 Å². The van der Waals surface area contributed by atoms with Crippen molar-refractivity contribution >= 4 is 5.97 Å². The van der Waals surface area contributed by atoms with Crippen molar-refractivity contribution < 1.29 is 14.3 Å². The zero-order valence-electron chi connectivity index (χ0n) is 9.57. The van der Waals surface area contributed by atoms with Crippen molar-refractivity contribution in [1.29, 1.82) is 0 Å². The standard InChI is InChI=1S/C12H20O3/c1-8-11(14-8)12(15-9(2)13)10-6-4-3-5-7-10/h8,10-12H,3-7H2,1-2H3/t8?,11-,12-/m1/s1. The fraction of sp³-hybridized carbons (Fsp3) is 0.917. The SMILES string of the molecule is CC(=O)O[C@H](C1CCCCC1)[C@@H]1OC1C. The van der Waals surface area contributed by atoms with E-state index in [9.17, 15) is 4.79 Å². The molecule has 0 spiro atoms. The molecule has 86 valence electrons. The van der Waals surface area contributed by atoms with Gasteiger partial charge < -0.3 is 9.47 Å². The van der Waals surface area contributed by atoms with Gasteiger partial charge in [0.25, 0.3) is 0 Å². The van der Waals surface area contributed by atoms with Crippen LogP contribution in [0.4, 0.5) is 0 Å². The third-order valence-corrected chi connectivity index (χ3v) is 3.50. The number of rotatable bonds is 3. The van der Waals surface area contributed by atoms with E-state index in [2.05, 4.69) is 0 Å². The second-order valence-electron chi connectivity index (χ2n) is 4.78. The Morgan fingerprint density at radius 3 is 2.40 bits per heavy atom. The molecule has 1 unspecified atom stereocenters. The van der Waals surface area contributed by atoms with Gasteiger partial charge in [-0.15, -0.1) is 0 Å². The third kappa shape index (κ3) is 2.71. The molecule has 2 rings (SSSR count). The van der Waals surface area contributed by atoms with Gasteiger partial charge in [0.2, 0.25) is 0 Å². The van der Waals surface area contributed by atoms with Gasteiger partial charge in [0.05, 0.1) is 6.10 Å². The van der Waals surface area contributed by atoms with Crippen molar-refractivity contribution in [2.45, 2.75) is 64.3 Å². The largest absolute Gasteiger partial charge is 0.459 e. The maximum Gasteiger partial charge on any atom is 0.303 e. The van der Waals surface area contributed by atoms with Gasteiger partial charge >= 0.3 is 5.97 Å². The quantitative estimate of drug-likeness (QED) is 0.532. The maximum absolute atomic E-state index is 11.1. The number of carbonyl (C=O) groups is 1. The van der Waals surface area contributed by atoms with E-state index >= 15 is 0 Å². The van der Waals surface area contributed by atoms with Crippen LogP contribution in [-0.4, -0.2) is 24.3 Å². The molecule has 3 nitrogen and oxygen atoms in total. The Labute approximate surface area is 91.1 Å². The Morgan fingerprint density at radius 2 is 1.93 bits per heavy atom. The number of ether oxygens (including phenoxy) is 2. The lowest BCUT2D eigenvalue weighted by Gasteiger charge is -2.28. The Morgan fingerprint density at radius 1 is 1.33 bits per heavy atom. The summed E-state index contributed by atoms with van der Waals surface area (Å²) in [6.45, 7) is 3.53. The molecule has 15 heavy (non-hydrogen) atoms. The molecule has 0 amide bonds. The summed E-state index contributed by atoms with van der Waals surface area (Å²) in [5, 5.41) is 0. The molecule has 1 heterocycles. The summed E-state index contributed by atoms with van der Waals surface area (Å²) in [5.74, 6) is 0.353. The van der Waals surface area contributed by atoms with Crippen molar-refractivity contribution in [3.05, 3.63) is 0 Å². The Balaban J connectivity index is 1.94. The summed E-state index contributed by atoms with van der Waals surface area (Å²) in [4.78, 5) is 11.1. The minimum absolute atomic E-state index is 0.0119. The van der Waals surface area contributed by atoms with Crippen LogP contribution in [0.15, 0.2) is 0 Å². The third-order valence-electron chi connectivity index (χ3n) is 3.50. The van der Waals surface area contributed by atoms with E-state index < -0.39 is 0 Å². The van der Waals surface area contributed by atoms with Gasteiger partial charge in [-0.05, 0) is 25.7 Å². The predicted molar refractivity (Wildman–Crippen MR) is 56.5 cm³/mol. The normalized spacial score (nSPS) is 33.5. The first-order chi connectivity index (χ1) is 7.18. The lowest BCUT2D eigenvalue weighted by molar-refractivity contribution is -0.151. The Kier molecular flexibility index (Phi) is 3.29. The summed E-state index contributed by atoms with van der Waals surface area (Å²) in [6, 6.07) is 0. The smallest absolute Gasteiger partial charge is 0.303 e. The molecule has 1 aliphatic carbocycles. The highest BCUT2D eigenvalue weighted by atomic mass is 16.6. The van der Waals surface area contributed by atoms with E-state index in [1.54, 1.807) is 0 Å². The van der Waals surface area contributed by atoms with E-state index in [0.29, 0.717) is 5.92 Å². The monoisotopic (exact) mass is 212 g/mol. The molecular formula is C12H20O3. The van der Waals surface area contributed by atoms with E-state index in [4.69, 9.17) is 9.47 Å². The van der Waals surface area contributed by atoms with Crippen molar-refractivity contribution in [3.8, 4) is 0 Å². The summed E-state index contributed by atoms with van der Waals surface area (Å²) >= 11 is 0. The van der Waals surface area contributed by atoms with Crippen LogP contribution in [-0.2, 0) is 14.3 Å². The number of epoxide rings is 1. The maximum atomic E-state index is 11.1. The average molecular weight is 212 g/mol. The number of hydrogen-bond acceptors (Lipinski definition) is 3. The molecular weight excluding hydrogens is 192 g/mol. The molecule has 1 saturated carbocycles. The molecule has 2 fully saturated rings. The summed E-state index contributed by atoms with van der Waals surface area (Å²) < 4.78 is 10.9. The molecule has 2 aliphatic rings. The molecule has 3 heteroatoms. The van der Waals surface area contributed by atoms with Gasteiger partial charge in [-0.3, -0.25) is 4.79 Å². The van der Waals surface area contributed by atoms with Gasteiger partial charge in [-0.2, -0.15) is 0 Å². The van der Waals surface area contributed by atoms with E-state index in [1.165, 1.54) is 39.0 Å². The van der Waals surface area contributed by atoms with Crippen LogP contribution >= 0.6 is 0 Å². The highest BCUT2D eigenvalue weighted by Crippen LogP contribution is 2.37. The van der Waals surface area contributed by atoms with Gasteiger partial charge in [-0.25, -0.2) is 0 Å². The topological polar surface area (TPSA) is 38.8 Å². The van der Waals surface area contributed by atoms with Gasteiger partial charge in [0.1, 0.15) is 12.2 Å². The highest BCUT2D eigenvalue weighted by molar-refractivity contribution is 5.66. The minimum Gasteiger partial charge on any atom is -0.459 e. The first kappa shape index (κ1) is 10.9. The van der Waals surface area contributed by atoms with Crippen LogP contribution in [0.1, 0.15) is 46.0 Å². The molecule has 0 aromatic carbocycles. The Hall–Kier alpha value is -0.570. The molecule has 3 atom stereocenters. The highest BCUT2D eigenvalue weighted by Gasteiger charge is 2.46. The van der Waals surface area contributed by atoms with Gasteiger partial charge in [-0.1, -0.05) is 19.3 Å². The van der Waals surface area contributed by atoms with E-state index in [-0.39, 0.29) is 24.3 Å². The van der Waals surface area contributed by atoms with Crippen LogP contribution in [0, 0.1) is 5.92 Å². The number of esters is 1. The van der Waals surface area contributed by atoms with Crippen LogP contribution in [0.5, 0.6) is 0 Å². The molecule has 0 N–H and O–H groups in total. The first-order valence-corrected chi connectivity index (χ1v) is 6.01. The van der Waals surface area contributed by atoms with Gasteiger partial charge in [0, 0.05) is 6.92 Å². The lowest BCUT2D eigenvalue weighted by atomic mass is 9.83. The number of carbonyl (C=O) groups excluding carboxylic acids is 1. The van der Waals surface area contributed by atoms with Crippen LogP contribution in [0.25, 0.3) is 0 Å². The van der Waals surface area contributed by atoms with Gasteiger partial charge in [0.15, 0.2) is 0 Å². The molecule has 1 aliphatic heterocycles. The van der Waals surface area contributed by atoms with Crippen LogP contribution in [0.2, 0.25) is 0 Å². The molecule has 0 aromatic rings. The van der Waals surface area contributed by atoms with Crippen LogP contribution in [0.3, 0.4) is 0 Å². The van der Waals surface area contributed by atoms with Crippen molar-refractivity contribution in [1.82, 2.24) is 0 Å². The summed E-state index contributed by atoms with van der Waals surface area (Å²) in [6.07, 6.45) is 6.68. The zero-order valence-corrected chi connectivity index (χ0v) is 9.57. The first-order valence-electron chi connectivity index (χ1n) is 6.01. The predicted octanol–water partition coefficient (Wildman–Crippen LogP) is 2.29. The molecule has 0 aromatic heterocycles. The second kappa shape index (κ2) is 4.52. The van der Waals surface area contributed by atoms with Crippen LogP contribution < -0.4 is 0 Å². The minimum atomic E-state index is -0.173. The van der Waals surface area contributed by atoms with Crippen molar-refractivity contribution in [3.63, 3.8) is 0 Å². The summed E-state index contributed by atoms with van der Waals surface area (Å²) in [7, 11) is 0. The Bertz CT molecular complexity index is 233. The lowest BCUT2D eigenvalue weighted by Crippen LogP contribution is -2.33. The molecule has 0 bridgehead atoms. The molecule has 1 saturated heterocycles. The average Bonchev–Trinajstić information content (AvgIpc) is 2.93. The second-order valence-corrected chi connectivity index (χ2v) is 4.78. The number of hydrogen-bond donors (Lipinski definition) is 0. The fourth-order valence-corrected chi connectivity index (χ4v) is 2.63. The van der Waals surface area contributed by atoms with E-state index in [0.717, 1.165) is 0 Å².